The average molecular weight is 532 g/mol. The molecule has 0 saturated heterocycles. The Bertz CT molecular complexity index is 1150. The monoisotopic (exact) mass is 531 g/mol. The molecule has 0 aliphatic heterocycles. The topological polar surface area (TPSA) is 45.2 Å². The predicted octanol–water partition coefficient (Wildman–Crippen LogP) is 7.58. The highest BCUT2D eigenvalue weighted by molar-refractivity contribution is 7.09. The van der Waals surface area contributed by atoms with E-state index in [1.807, 2.05) is 0 Å². The molecule has 2 aromatic carbocycles. The van der Waals surface area contributed by atoms with E-state index in [1.165, 1.54) is 29.0 Å². The van der Waals surface area contributed by atoms with E-state index in [-0.39, 0.29) is 11.3 Å². The van der Waals surface area contributed by atoms with Gasteiger partial charge in [0.1, 0.15) is 10.7 Å². The molecule has 1 N–H and O–H groups in total. The number of carbonyl (C=O) groups is 1. The summed E-state index contributed by atoms with van der Waals surface area (Å²) >= 11 is 1.39. The van der Waals surface area contributed by atoms with Crippen LogP contribution in [0.4, 0.5) is 13.2 Å². The second kappa shape index (κ2) is 12.7. The van der Waals surface area contributed by atoms with Crippen molar-refractivity contribution in [2.75, 3.05) is 6.54 Å². The van der Waals surface area contributed by atoms with Gasteiger partial charge in [-0.15, -0.1) is 11.3 Å². The van der Waals surface area contributed by atoms with Gasteiger partial charge in [-0.2, -0.15) is 13.2 Å². The zero-order chi connectivity index (χ0) is 27.1. The van der Waals surface area contributed by atoms with Crippen molar-refractivity contribution >= 4 is 17.2 Å². The third-order valence-corrected chi connectivity index (χ3v) is 6.93. The van der Waals surface area contributed by atoms with Crippen LogP contribution in [0.1, 0.15) is 84.7 Å². The van der Waals surface area contributed by atoms with Gasteiger partial charge >= 0.3 is 6.18 Å². The molecule has 200 valence electrons. The summed E-state index contributed by atoms with van der Waals surface area (Å²) in [4.78, 5) is 19.0. The lowest BCUT2D eigenvalue weighted by molar-refractivity contribution is -0.137. The molecule has 0 aliphatic carbocycles. The van der Waals surface area contributed by atoms with Gasteiger partial charge in [-0.25, -0.2) is 4.98 Å². The number of carbonyl (C=O) groups excluding carboxylic acids is 1. The zero-order valence-electron chi connectivity index (χ0n) is 22.0. The van der Waals surface area contributed by atoms with Gasteiger partial charge in [-0.1, -0.05) is 83.0 Å². The van der Waals surface area contributed by atoms with Crippen molar-refractivity contribution in [1.29, 1.82) is 0 Å². The van der Waals surface area contributed by atoms with Crippen LogP contribution in [0.3, 0.4) is 0 Å². The summed E-state index contributed by atoms with van der Waals surface area (Å²) in [5, 5.41) is 5.39. The van der Waals surface area contributed by atoms with E-state index in [1.54, 1.807) is 11.4 Å². The van der Waals surface area contributed by atoms with Crippen LogP contribution in [0, 0.1) is 0 Å². The number of hydrogen-bond acceptors (Lipinski definition) is 4. The molecule has 8 heteroatoms. The van der Waals surface area contributed by atoms with Crippen molar-refractivity contribution < 1.29 is 18.0 Å². The van der Waals surface area contributed by atoms with E-state index >= 15 is 0 Å². The first-order chi connectivity index (χ1) is 17.5. The molecule has 37 heavy (non-hydrogen) atoms. The average Bonchev–Trinajstić information content (AvgIpc) is 3.30. The maximum atomic E-state index is 13.3. The summed E-state index contributed by atoms with van der Waals surface area (Å²) in [6.45, 7) is 10.5. The van der Waals surface area contributed by atoms with E-state index < -0.39 is 11.7 Å². The van der Waals surface area contributed by atoms with Gasteiger partial charge in [0.15, 0.2) is 0 Å². The van der Waals surface area contributed by atoms with Gasteiger partial charge in [0.25, 0.3) is 5.91 Å². The van der Waals surface area contributed by atoms with E-state index in [0.29, 0.717) is 37.4 Å². The van der Waals surface area contributed by atoms with Gasteiger partial charge in [0.2, 0.25) is 0 Å². The highest BCUT2D eigenvalue weighted by Crippen LogP contribution is 2.30. The van der Waals surface area contributed by atoms with E-state index in [9.17, 15) is 18.0 Å². The Balaban J connectivity index is 1.77. The predicted molar refractivity (Wildman–Crippen MR) is 144 cm³/mol. The Labute approximate surface area is 221 Å². The smallest absolute Gasteiger partial charge is 0.351 e. The largest absolute Gasteiger partial charge is 0.416 e. The van der Waals surface area contributed by atoms with Gasteiger partial charge in [0.05, 0.1) is 12.1 Å². The van der Waals surface area contributed by atoms with Crippen LogP contribution >= 0.6 is 11.3 Å². The summed E-state index contributed by atoms with van der Waals surface area (Å²) in [7, 11) is 0. The Morgan fingerprint density at radius 2 is 1.65 bits per heavy atom. The molecule has 0 fully saturated rings. The molecule has 3 aromatic rings. The normalized spacial score (nSPS) is 12.2. The number of thiazole rings is 1. The molecule has 0 spiro atoms. The third-order valence-electron chi connectivity index (χ3n) is 6.10. The summed E-state index contributed by atoms with van der Waals surface area (Å²) in [6.07, 6.45) is -1.32. The van der Waals surface area contributed by atoms with Gasteiger partial charge in [-0.05, 0) is 34.6 Å². The molecule has 4 nitrogen and oxygen atoms in total. The molecule has 1 amide bonds. The highest BCUT2D eigenvalue weighted by atomic mass is 32.1. The molecular formula is C29H36F3N3OS. The van der Waals surface area contributed by atoms with Crippen molar-refractivity contribution in [3.63, 3.8) is 0 Å². The molecule has 3 rings (SSSR count). The maximum Gasteiger partial charge on any atom is 0.416 e. The quantitative estimate of drug-likeness (QED) is 0.259. The minimum absolute atomic E-state index is 0.0324. The summed E-state index contributed by atoms with van der Waals surface area (Å²) < 4.78 is 39.8. The van der Waals surface area contributed by atoms with Crippen molar-refractivity contribution in [3.05, 3.63) is 86.9 Å². The second-order valence-corrected chi connectivity index (χ2v) is 11.3. The Kier molecular flexibility index (Phi) is 9.90. The van der Waals surface area contributed by atoms with Gasteiger partial charge in [0, 0.05) is 25.0 Å². The summed E-state index contributed by atoms with van der Waals surface area (Å²) in [6, 6.07) is 13.8. The van der Waals surface area contributed by atoms with Crippen LogP contribution in [-0.2, 0) is 31.2 Å². The summed E-state index contributed by atoms with van der Waals surface area (Å²) in [5.74, 6) is -0.194. The number of nitrogens with zero attached hydrogens (tertiary/aromatic N) is 2. The van der Waals surface area contributed by atoms with Crippen LogP contribution in [0.5, 0.6) is 0 Å². The molecule has 0 radical (unpaired) electrons. The lowest BCUT2D eigenvalue weighted by atomic mass is 9.87. The molecule has 0 unspecified atom stereocenters. The van der Waals surface area contributed by atoms with E-state index in [2.05, 4.69) is 67.2 Å². The molecule has 0 saturated carbocycles. The van der Waals surface area contributed by atoms with Crippen LogP contribution in [0.25, 0.3) is 0 Å². The molecular weight excluding hydrogens is 495 g/mol. The van der Waals surface area contributed by atoms with Crippen molar-refractivity contribution in [2.24, 2.45) is 0 Å². The first-order valence-corrected chi connectivity index (χ1v) is 13.5. The fourth-order valence-electron chi connectivity index (χ4n) is 3.99. The van der Waals surface area contributed by atoms with Crippen molar-refractivity contribution in [2.45, 2.75) is 78.2 Å². The molecule has 0 atom stereocenters. The van der Waals surface area contributed by atoms with Crippen LogP contribution in [-0.4, -0.2) is 22.3 Å². The lowest BCUT2D eigenvalue weighted by Crippen LogP contribution is -2.25. The first kappa shape index (κ1) is 28.9. The first-order valence-electron chi connectivity index (χ1n) is 12.7. The second-order valence-electron chi connectivity index (χ2n) is 10.4. The van der Waals surface area contributed by atoms with Crippen LogP contribution in [0.2, 0.25) is 0 Å². The third kappa shape index (κ3) is 8.97. The number of hydrogen-bond donors (Lipinski definition) is 1. The fraction of sp³-hybridized carbons (Fsp3) is 0.448. The number of amides is 1. The van der Waals surface area contributed by atoms with Crippen molar-refractivity contribution in [3.8, 4) is 0 Å². The Morgan fingerprint density at radius 1 is 0.946 bits per heavy atom. The summed E-state index contributed by atoms with van der Waals surface area (Å²) in [5.41, 5.74) is 2.61. The number of halogens is 3. The zero-order valence-corrected chi connectivity index (χ0v) is 22.8. The minimum atomic E-state index is -4.39. The number of nitrogens with one attached hydrogen (secondary N) is 1. The van der Waals surface area contributed by atoms with Gasteiger partial charge in [-0.3, -0.25) is 9.69 Å². The molecule has 0 aliphatic rings. The molecule has 1 aromatic heterocycles. The number of benzene rings is 2. The molecule has 0 bridgehead atoms. The van der Waals surface area contributed by atoms with E-state index in [4.69, 9.17) is 0 Å². The van der Waals surface area contributed by atoms with Crippen molar-refractivity contribution in [1.82, 2.24) is 15.2 Å². The van der Waals surface area contributed by atoms with Crippen LogP contribution < -0.4 is 5.32 Å². The number of unbranched alkanes of at least 4 members (excludes halogenated alkanes) is 2. The number of alkyl halides is 3. The molecule has 1 heterocycles. The minimum Gasteiger partial charge on any atom is -0.351 e. The Hall–Kier alpha value is -2.71. The van der Waals surface area contributed by atoms with Gasteiger partial charge < -0.3 is 5.32 Å². The lowest BCUT2D eigenvalue weighted by Gasteiger charge is -2.23. The number of rotatable bonds is 11. The number of aromatic nitrogens is 1. The SMILES string of the molecule is CCCCCNC(=O)c1csc(CN(Cc2ccc(C(C)(C)C)cc2)Cc2cccc(C(F)(F)F)c2)n1. The fourth-order valence-corrected chi connectivity index (χ4v) is 4.80. The highest BCUT2D eigenvalue weighted by Gasteiger charge is 2.30. The Morgan fingerprint density at radius 3 is 2.30 bits per heavy atom. The van der Waals surface area contributed by atoms with E-state index in [0.717, 1.165) is 35.9 Å². The standard InChI is InChI=1S/C29H36F3N3OS/c1-5-6-7-15-33-27(36)25-20-37-26(34-25)19-35(17-21-11-13-23(14-12-21)28(2,3)4)18-22-9-8-10-24(16-22)29(30,31)32/h8-14,16,20H,5-7,15,17-19H2,1-4H3,(H,33,36). The van der Waals surface area contributed by atoms with Crippen LogP contribution in [0.15, 0.2) is 53.9 Å². The maximum absolute atomic E-state index is 13.3.